The molecule has 1 heterocycles. The minimum Gasteiger partial charge on any atom is -0.479 e. The highest BCUT2D eigenvalue weighted by molar-refractivity contribution is 7.99. The van der Waals surface area contributed by atoms with E-state index in [2.05, 4.69) is 6.07 Å². The summed E-state index contributed by atoms with van der Waals surface area (Å²) in [5.74, 6) is -0.293. The van der Waals surface area contributed by atoms with Gasteiger partial charge in [-0.05, 0) is 35.2 Å². The second-order valence-electron chi connectivity index (χ2n) is 6.08. The lowest BCUT2D eigenvalue weighted by molar-refractivity contribution is -0.150. The highest BCUT2D eigenvalue weighted by Crippen LogP contribution is 2.30. The van der Waals surface area contributed by atoms with E-state index in [4.69, 9.17) is 5.26 Å². The van der Waals surface area contributed by atoms with Gasteiger partial charge in [-0.1, -0.05) is 36.4 Å². The summed E-state index contributed by atoms with van der Waals surface area (Å²) >= 11 is 1.45. The smallest absolute Gasteiger partial charge is 0.331 e. The largest absolute Gasteiger partial charge is 0.479 e. The number of hydrogen-bond acceptors (Lipinski definition) is 4. The molecule has 0 saturated carbocycles. The lowest BCUT2D eigenvalue weighted by Crippen LogP contribution is -2.44. The van der Waals surface area contributed by atoms with Crippen LogP contribution in [0.4, 0.5) is 0 Å². The molecule has 26 heavy (non-hydrogen) atoms. The second-order valence-corrected chi connectivity index (χ2v) is 7.06. The summed E-state index contributed by atoms with van der Waals surface area (Å²) in [5.41, 5.74) is 3.33. The van der Waals surface area contributed by atoms with Crippen molar-refractivity contribution in [3.63, 3.8) is 0 Å². The zero-order valence-electron chi connectivity index (χ0n) is 14.1. The number of nitriles is 1. The van der Waals surface area contributed by atoms with Gasteiger partial charge in [-0.15, -0.1) is 11.8 Å². The van der Waals surface area contributed by atoms with Gasteiger partial charge in [-0.2, -0.15) is 5.26 Å². The molecule has 0 spiro atoms. The number of fused-ring (bicyclic) bond motifs is 1. The number of rotatable bonds is 5. The SMILES string of the molecule is N#Cc1ccc(CSCC(=O)N2CCc3ccccc3C2C(=O)O)cc1. The Hall–Kier alpha value is -2.78. The molecule has 1 aliphatic rings. The van der Waals surface area contributed by atoms with Crippen LogP contribution in [0.1, 0.15) is 28.3 Å². The van der Waals surface area contributed by atoms with Gasteiger partial charge in [0.2, 0.25) is 5.91 Å². The van der Waals surface area contributed by atoms with E-state index in [0.29, 0.717) is 29.8 Å². The van der Waals surface area contributed by atoms with E-state index < -0.39 is 12.0 Å². The number of carbonyl (C=O) groups excluding carboxylic acids is 1. The maximum absolute atomic E-state index is 12.6. The molecule has 132 valence electrons. The van der Waals surface area contributed by atoms with Crippen LogP contribution in [0.25, 0.3) is 0 Å². The zero-order valence-corrected chi connectivity index (χ0v) is 14.9. The number of carboxylic acid groups (broad SMARTS) is 1. The van der Waals surface area contributed by atoms with Crippen molar-refractivity contribution in [2.45, 2.75) is 18.2 Å². The topological polar surface area (TPSA) is 81.4 Å². The van der Waals surface area contributed by atoms with E-state index in [0.717, 1.165) is 11.1 Å². The first kappa shape index (κ1) is 18.0. The monoisotopic (exact) mass is 366 g/mol. The molecule has 0 radical (unpaired) electrons. The maximum atomic E-state index is 12.6. The Bertz CT molecular complexity index is 858. The van der Waals surface area contributed by atoms with Crippen molar-refractivity contribution in [2.75, 3.05) is 12.3 Å². The third kappa shape index (κ3) is 3.89. The predicted molar refractivity (Wildman–Crippen MR) is 99.6 cm³/mol. The first-order valence-corrected chi connectivity index (χ1v) is 9.42. The zero-order chi connectivity index (χ0) is 18.5. The highest BCUT2D eigenvalue weighted by Gasteiger charge is 2.35. The van der Waals surface area contributed by atoms with Crippen LogP contribution in [0, 0.1) is 11.3 Å². The number of aliphatic carboxylic acids is 1. The molecule has 3 rings (SSSR count). The standard InChI is InChI=1S/C20H18N2O3S/c21-11-14-5-7-15(8-6-14)12-26-13-18(23)22-10-9-16-3-1-2-4-17(16)19(22)20(24)25/h1-8,19H,9-10,12-13H2,(H,24,25). The minimum absolute atomic E-state index is 0.162. The summed E-state index contributed by atoms with van der Waals surface area (Å²) in [7, 11) is 0. The van der Waals surface area contributed by atoms with Crippen LogP contribution in [-0.4, -0.2) is 34.2 Å². The van der Waals surface area contributed by atoms with Crippen molar-refractivity contribution in [3.05, 3.63) is 70.8 Å². The molecule has 5 nitrogen and oxygen atoms in total. The number of thioether (sulfide) groups is 1. The molecular formula is C20H18N2O3S. The minimum atomic E-state index is -0.998. The van der Waals surface area contributed by atoms with Crippen LogP contribution >= 0.6 is 11.8 Å². The average molecular weight is 366 g/mol. The number of amides is 1. The van der Waals surface area contributed by atoms with Crippen LogP contribution < -0.4 is 0 Å². The van der Waals surface area contributed by atoms with Crippen molar-refractivity contribution >= 4 is 23.6 Å². The number of carboxylic acids is 1. The molecule has 0 bridgehead atoms. The summed E-state index contributed by atoms with van der Waals surface area (Å²) in [5, 5.41) is 18.4. The van der Waals surface area contributed by atoms with Gasteiger partial charge in [0.05, 0.1) is 17.4 Å². The van der Waals surface area contributed by atoms with Gasteiger partial charge in [0.25, 0.3) is 0 Å². The summed E-state index contributed by atoms with van der Waals surface area (Å²) in [6, 6.07) is 15.8. The Balaban J connectivity index is 1.63. The van der Waals surface area contributed by atoms with E-state index in [1.165, 1.54) is 16.7 Å². The summed E-state index contributed by atoms with van der Waals surface area (Å²) < 4.78 is 0. The third-order valence-electron chi connectivity index (χ3n) is 4.41. The number of carbonyl (C=O) groups is 2. The molecule has 0 fully saturated rings. The fourth-order valence-electron chi connectivity index (χ4n) is 3.12. The summed E-state index contributed by atoms with van der Waals surface area (Å²) in [4.78, 5) is 25.8. The summed E-state index contributed by atoms with van der Waals surface area (Å²) in [6.45, 7) is 0.421. The van der Waals surface area contributed by atoms with E-state index in [9.17, 15) is 14.7 Å². The number of nitrogens with zero attached hydrogens (tertiary/aromatic N) is 2. The van der Waals surface area contributed by atoms with E-state index in [1.807, 2.05) is 30.3 Å². The van der Waals surface area contributed by atoms with Crippen molar-refractivity contribution in [1.29, 1.82) is 5.26 Å². The van der Waals surface area contributed by atoms with Gasteiger partial charge in [-0.3, -0.25) is 4.79 Å². The molecule has 0 aliphatic carbocycles. The first-order chi connectivity index (χ1) is 12.6. The van der Waals surface area contributed by atoms with Gasteiger partial charge in [0.1, 0.15) is 0 Å². The van der Waals surface area contributed by atoms with E-state index in [-0.39, 0.29) is 11.7 Å². The molecule has 1 N–H and O–H groups in total. The highest BCUT2D eigenvalue weighted by atomic mass is 32.2. The molecule has 1 amide bonds. The van der Waals surface area contributed by atoms with Crippen LogP contribution in [-0.2, 0) is 21.8 Å². The summed E-state index contributed by atoms with van der Waals surface area (Å²) in [6.07, 6.45) is 0.673. The molecule has 6 heteroatoms. The third-order valence-corrected chi connectivity index (χ3v) is 5.40. The van der Waals surface area contributed by atoms with Gasteiger partial charge in [-0.25, -0.2) is 4.79 Å². The lowest BCUT2D eigenvalue weighted by atomic mass is 9.92. The Morgan fingerprint density at radius 2 is 1.92 bits per heavy atom. The maximum Gasteiger partial charge on any atom is 0.331 e. The van der Waals surface area contributed by atoms with Crippen LogP contribution in [0.15, 0.2) is 48.5 Å². The van der Waals surface area contributed by atoms with Gasteiger partial charge < -0.3 is 10.0 Å². The quantitative estimate of drug-likeness (QED) is 0.880. The number of hydrogen-bond donors (Lipinski definition) is 1. The van der Waals surface area contributed by atoms with Crippen molar-refractivity contribution in [1.82, 2.24) is 4.90 Å². The Labute approximate surface area is 156 Å². The van der Waals surface area contributed by atoms with Crippen molar-refractivity contribution in [2.24, 2.45) is 0 Å². The molecule has 1 unspecified atom stereocenters. The molecule has 0 aromatic heterocycles. The van der Waals surface area contributed by atoms with Crippen LogP contribution in [0.3, 0.4) is 0 Å². The second kappa shape index (κ2) is 8.07. The molecule has 0 saturated heterocycles. The van der Waals surface area contributed by atoms with Crippen molar-refractivity contribution < 1.29 is 14.7 Å². The lowest BCUT2D eigenvalue weighted by Gasteiger charge is -2.34. The molecule has 1 atom stereocenters. The Morgan fingerprint density at radius 1 is 1.19 bits per heavy atom. The fraction of sp³-hybridized carbons (Fsp3) is 0.250. The van der Waals surface area contributed by atoms with E-state index >= 15 is 0 Å². The molecular weight excluding hydrogens is 348 g/mol. The fourth-order valence-corrected chi connectivity index (χ4v) is 3.99. The Morgan fingerprint density at radius 3 is 2.62 bits per heavy atom. The average Bonchev–Trinajstić information content (AvgIpc) is 2.67. The normalized spacial score (nSPS) is 15.8. The van der Waals surface area contributed by atoms with Crippen molar-refractivity contribution in [3.8, 4) is 6.07 Å². The molecule has 2 aromatic carbocycles. The first-order valence-electron chi connectivity index (χ1n) is 8.27. The van der Waals surface area contributed by atoms with Gasteiger partial charge in [0, 0.05) is 12.3 Å². The van der Waals surface area contributed by atoms with Crippen LogP contribution in [0.2, 0.25) is 0 Å². The Kier molecular flexibility index (Phi) is 5.59. The van der Waals surface area contributed by atoms with Crippen LogP contribution in [0.5, 0.6) is 0 Å². The number of benzene rings is 2. The molecule has 2 aromatic rings. The van der Waals surface area contributed by atoms with Gasteiger partial charge in [0.15, 0.2) is 6.04 Å². The van der Waals surface area contributed by atoms with E-state index in [1.54, 1.807) is 18.2 Å². The molecule has 1 aliphatic heterocycles. The van der Waals surface area contributed by atoms with Gasteiger partial charge >= 0.3 is 5.97 Å². The predicted octanol–water partition coefficient (Wildman–Crippen LogP) is 3.00.